The highest BCUT2D eigenvalue weighted by Gasteiger charge is 2.40. The van der Waals surface area contributed by atoms with Gasteiger partial charge >= 0.3 is 0 Å². The van der Waals surface area contributed by atoms with Crippen LogP contribution < -0.4 is 15.0 Å². The van der Waals surface area contributed by atoms with E-state index in [-0.39, 0.29) is 12.5 Å². The number of rotatable bonds is 6. The Hall–Kier alpha value is -3.16. The first-order valence-electron chi connectivity index (χ1n) is 11.6. The van der Waals surface area contributed by atoms with Crippen LogP contribution in [0.15, 0.2) is 54.6 Å². The predicted octanol–water partition coefficient (Wildman–Crippen LogP) is 4.16. The summed E-state index contributed by atoms with van der Waals surface area (Å²) in [4.78, 5) is 19.6. The minimum absolute atomic E-state index is 0.0819. The number of hydrogen-bond acceptors (Lipinski definition) is 6. The van der Waals surface area contributed by atoms with Crippen LogP contribution >= 0.6 is 0 Å². The summed E-state index contributed by atoms with van der Waals surface area (Å²) in [6, 6.07) is 17.7. The second-order valence-corrected chi connectivity index (χ2v) is 8.48. The number of piperidine rings is 1. The van der Waals surface area contributed by atoms with E-state index in [1.54, 1.807) is 0 Å². The van der Waals surface area contributed by atoms with Crippen LogP contribution in [0.25, 0.3) is 10.9 Å². The van der Waals surface area contributed by atoms with Gasteiger partial charge in [-0.25, -0.2) is 4.98 Å². The van der Waals surface area contributed by atoms with Crippen LogP contribution in [0.5, 0.6) is 5.75 Å². The molecule has 0 saturated carbocycles. The van der Waals surface area contributed by atoms with Gasteiger partial charge in [0.1, 0.15) is 17.1 Å². The van der Waals surface area contributed by atoms with Crippen LogP contribution in [0.3, 0.4) is 0 Å². The van der Waals surface area contributed by atoms with Gasteiger partial charge < -0.3 is 24.4 Å². The van der Waals surface area contributed by atoms with E-state index in [1.807, 2.05) is 54.6 Å². The number of nitrogens with one attached hydrogen (secondary N) is 1. The van der Waals surface area contributed by atoms with Crippen molar-refractivity contribution in [3.05, 3.63) is 60.2 Å². The molecule has 0 atom stereocenters. The Labute approximate surface area is 193 Å². The Kier molecular flexibility index (Phi) is 6.15. The van der Waals surface area contributed by atoms with Gasteiger partial charge in [-0.05, 0) is 42.3 Å². The number of nitrogens with zero attached hydrogens (tertiary/aromatic N) is 2. The fourth-order valence-corrected chi connectivity index (χ4v) is 4.43. The van der Waals surface area contributed by atoms with Gasteiger partial charge in [0.2, 0.25) is 0 Å². The largest absolute Gasteiger partial charge is 0.481 e. The zero-order chi connectivity index (χ0) is 22.7. The van der Waals surface area contributed by atoms with Gasteiger partial charge in [0.05, 0.1) is 13.2 Å². The number of carbonyl (C=O) groups is 1. The predicted molar refractivity (Wildman–Crippen MR) is 128 cm³/mol. The molecule has 2 fully saturated rings. The lowest BCUT2D eigenvalue weighted by atomic mass is 10.0. The molecule has 3 aromatic rings. The number of pyridine rings is 1. The molecular weight excluding hydrogens is 418 g/mol. The molecule has 1 amide bonds. The Morgan fingerprint density at radius 3 is 2.55 bits per heavy atom. The lowest BCUT2D eigenvalue weighted by Gasteiger charge is -2.38. The Morgan fingerprint density at radius 1 is 1.06 bits per heavy atom. The number of fused-ring (bicyclic) bond motifs is 1. The van der Waals surface area contributed by atoms with E-state index in [2.05, 4.69) is 17.1 Å². The fourth-order valence-electron chi connectivity index (χ4n) is 4.43. The summed E-state index contributed by atoms with van der Waals surface area (Å²) in [5.74, 6) is 0.880. The molecule has 1 N–H and O–H groups in total. The minimum Gasteiger partial charge on any atom is -0.481 e. The first kappa shape index (κ1) is 21.7. The van der Waals surface area contributed by atoms with Gasteiger partial charge in [0.25, 0.3) is 5.91 Å². The standard InChI is InChI=1S/C26H29N3O4/c1-2-19-6-9-21(10-7-19)27-24(30)18-31-22-5-3-4-20-8-11-23(28-25(20)22)29-14-12-26(13-15-29)32-16-17-33-26/h3-11H,2,12-18H2,1H3,(H,27,30). The molecule has 2 saturated heterocycles. The zero-order valence-electron chi connectivity index (χ0n) is 18.9. The van der Waals surface area contributed by atoms with Gasteiger partial charge in [0.15, 0.2) is 12.4 Å². The maximum atomic E-state index is 12.4. The number of ether oxygens (including phenoxy) is 3. The number of carbonyl (C=O) groups excluding carboxylic acids is 1. The van der Waals surface area contributed by atoms with Gasteiger partial charge in [-0.3, -0.25) is 4.79 Å². The molecule has 33 heavy (non-hydrogen) atoms. The van der Waals surface area contributed by atoms with E-state index in [0.717, 1.165) is 54.8 Å². The van der Waals surface area contributed by atoms with E-state index in [9.17, 15) is 4.79 Å². The summed E-state index contributed by atoms with van der Waals surface area (Å²) in [6.45, 7) is 5.01. The van der Waals surface area contributed by atoms with Gasteiger partial charge in [0, 0.05) is 37.0 Å². The second-order valence-electron chi connectivity index (χ2n) is 8.48. The highest BCUT2D eigenvalue weighted by molar-refractivity contribution is 5.92. The molecule has 0 bridgehead atoms. The van der Waals surface area contributed by atoms with Gasteiger partial charge in [-0.15, -0.1) is 0 Å². The smallest absolute Gasteiger partial charge is 0.262 e. The third kappa shape index (κ3) is 4.79. The molecule has 2 aromatic carbocycles. The van der Waals surface area contributed by atoms with Crippen molar-refractivity contribution in [1.29, 1.82) is 0 Å². The van der Waals surface area contributed by atoms with Crippen LogP contribution in [0.4, 0.5) is 11.5 Å². The Balaban J connectivity index is 1.25. The van der Waals surface area contributed by atoms with Crippen molar-refractivity contribution < 1.29 is 19.0 Å². The first-order valence-corrected chi connectivity index (χ1v) is 11.6. The summed E-state index contributed by atoms with van der Waals surface area (Å²) >= 11 is 0. The number of aryl methyl sites for hydroxylation is 1. The zero-order valence-corrected chi connectivity index (χ0v) is 18.9. The molecule has 0 aliphatic carbocycles. The molecule has 172 valence electrons. The van der Waals surface area contributed by atoms with Crippen molar-refractivity contribution >= 4 is 28.3 Å². The molecule has 3 heterocycles. The summed E-state index contributed by atoms with van der Waals surface area (Å²) in [7, 11) is 0. The van der Waals surface area contributed by atoms with E-state index in [0.29, 0.717) is 19.0 Å². The third-order valence-electron chi connectivity index (χ3n) is 6.34. The van der Waals surface area contributed by atoms with E-state index in [4.69, 9.17) is 19.2 Å². The molecule has 0 unspecified atom stereocenters. The van der Waals surface area contributed by atoms with E-state index >= 15 is 0 Å². The molecule has 1 aromatic heterocycles. The highest BCUT2D eigenvalue weighted by Crippen LogP contribution is 2.34. The molecular formula is C26H29N3O4. The van der Waals surface area contributed by atoms with Crippen molar-refractivity contribution in [2.24, 2.45) is 0 Å². The van der Waals surface area contributed by atoms with Gasteiger partial charge in [-0.1, -0.05) is 31.2 Å². The molecule has 7 heteroatoms. The lowest BCUT2D eigenvalue weighted by molar-refractivity contribution is -0.169. The number of hydrogen-bond donors (Lipinski definition) is 1. The average molecular weight is 448 g/mol. The van der Waals surface area contributed by atoms with Crippen LogP contribution in [-0.4, -0.2) is 49.6 Å². The van der Waals surface area contributed by atoms with Gasteiger partial charge in [-0.2, -0.15) is 0 Å². The fraction of sp³-hybridized carbons (Fsp3) is 0.385. The summed E-state index contributed by atoms with van der Waals surface area (Å²) in [6.07, 6.45) is 2.61. The van der Waals surface area contributed by atoms with Crippen LogP contribution in [0, 0.1) is 0 Å². The number of benzene rings is 2. The van der Waals surface area contributed by atoms with Crippen LogP contribution in [0.1, 0.15) is 25.3 Å². The molecule has 0 radical (unpaired) electrons. The number of anilines is 2. The van der Waals surface area contributed by atoms with Crippen molar-refractivity contribution in [3.8, 4) is 5.75 Å². The number of para-hydroxylation sites is 1. The van der Waals surface area contributed by atoms with Crippen molar-refractivity contribution in [2.45, 2.75) is 32.0 Å². The van der Waals surface area contributed by atoms with Crippen molar-refractivity contribution in [2.75, 3.05) is 43.1 Å². The quantitative estimate of drug-likeness (QED) is 0.612. The molecule has 7 nitrogen and oxygen atoms in total. The topological polar surface area (TPSA) is 72.9 Å². The summed E-state index contributed by atoms with van der Waals surface area (Å²) in [5, 5.41) is 3.86. The first-order chi connectivity index (χ1) is 16.1. The summed E-state index contributed by atoms with van der Waals surface area (Å²) < 4.78 is 17.6. The molecule has 1 spiro atoms. The summed E-state index contributed by atoms with van der Waals surface area (Å²) in [5.41, 5.74) is 2.75. The molecule has 2 aliphatic heterocycles. The number of aromatic nitrogens is 1. The van der Waals surface area contributed by atoms with Crippen LogP contribution in [-0.2, 0) is 20.7 Å². The van der Waals surface area contributed by atoms with Crippen molar-refractivity contribution in [3.63, 3.8) is 0 Å². The second kappa shape index (κ2) is 9.37. The third-order valence-corrected chi connectivity index (χ3v) is 6.34. The Bertz CT molecular complexity index is 1120. The molecule has 5 rings (SSSR count). The maximum absolute atomic E-state index is 12.4. The van der Waals surface area contributed by atoms with Crippen LogP contribution in [0.2, 0.25) is 0 Å². The maximum Gasteiger partial charge on any atom is 0.262 e. The average Bonchev–Trinajstić information content (AvgIpc) is 3.31. The Morgan fingerprint density at radius 2 is 1.82 bits per heavy atom. The van der Waals surface area contributed by atoms with E-state index in [1.165, 1.54) is 5.56 Å². The minimum atomic E-state index is -0.411. The van der Waals surface area contributed by atoms with Crippen molar-refractivity contribution in [1.82, 2.24) is 4.98 Å². The highest BCUT2D eigenvalue weighted by atomic mass is 16.7. The van der Waals surface area contributed by atoms with E-state index < -0.39 is 5.79 Å². The molecule has 2 aliphatic rings. The monoisotopic (exact) mass is 447 g/mol. The normalized spacial score (nSPS) is 17.4. The lowest BCUT2D eigenvalue weighted by Crippen LogP contribution is -2.45. The SMILES string of the molecule is CCc1ccc(NC(=O)COc2cccc3ccc(N4CCC5(CC4)OCCO5)nc23)cc1. The number of amides is 1.